The van der Waals surface area contributed by atoms with E-state index in [2.05, 4.69) is 54.4 Å². The molecule has 0 unspecified atom stereocenters. The molecule has 1 atom stereocenters. The van der Waals surface area contributed by atoms with E-state index in [1.165, 1.54) is 10.9 Å². The molecule has 35 heavy (non-hydrogen) atoms. The maximum Gasteiger partial charge on any atom is 0.256 e. The number of likely N-dealkylation sites (tertiary alicyclic amines) is 1. The number of amidine groups is 1. The summed E-state index contributed by atoms with van der Waals surface area (Å²) in [4.78, 5) is 38.2. The molecule has 2 amide bonds. The molecule has 3 heterocycles. The van der Waals surface area contributed by atoms with Crippen LogP contribution in [0.15, 0.2) is 53.7 Å². The Morgan fingerprint density at radius 3 is 2.66 bits per heavy atom. The Hall–Kier alpha value is -3.41. The molecule has 4 aliphatic rings. The normalized spacial score (nSPS) is 22.9. The molecule has 1 saturated heterocycles. The van der Waals surface area contributed by atoms with Crippen LogP contribution >= 0.6 is 0 Å². The maximum atomic E-state index is 13.4. The molecule has 1 N–H and O–H groups in total. The van der Waals surface area contributed by atoms with E-state index in [1.807, 2.05) is 16.0 Å². The molecule has 2 saturated carbocycles. The Kier molecular flexibility index (Phi) is 4.51. The monoisotopic (exact) mass is 466 g/mol. The molecular weight excluding hydrogens is 436 g/mol. The third kappa shape index (κ3) is 3.49. The molecule has 6 nitrogen and oxygen atoms in total. The van der Waals surface area contributed by atoms with Crippen LogP contribution in [0.2, 0.25) is 0 Å². The van der Waals surface area contributed by atoms with Crippen molar-refractivity contribution in [3.05, 3.63) is 59.8 Å². The number of hydrogen-bond acceptors (Lipinski definition) is 3. The highest BCUT2D eigenvalue weighted by Crippen LogP contribution is 2.46. The lowest BCUT2D eigenvalue weighted by molar-refractivity contribution is -0.131. The van der Waals surface area contributed by atoms with Gasteiger partial charge in [0.05, 0.1) is 0 Å². The number of aromatic amines is 1. The summed E-state index contributed by atoms with van der Waals surface area (Å²) in [6.07, 6.45) is 6.69. The summed E-state index contributed by atoms with van der Waals surface area (Å²) in [5, 5.41) is 1.20. The second-order valence-electron chi connectivity index (χ2n) is 10.9. The SMILES string of the molecule is Cc1cc(-c2ccc3[nH]ccc3c2)ccc1C1=NC2(CC2)C(=O)N1C[C@@H]1CCN(C(=O)C2CC2)C1. The van der Waals surface area contributed by atoms with Gasteiger partial charge in [0.1, 0.15) is 11.4 Å². The van der Waals surface area contributed by atoms with Crippen LogP contribution < -0.4 is 0 Å². The molecule has 2 aliphatic heterocycles. The molecule has 3 aromatic rings. The first-order chi connectivity index (χ1) is 17.0. The lowest BCUT2D eigenvalue weighted by Gasteiger charge is -2.24. The number of carbonyl (C=O) groups excluding carboxylic acids is 2. The number of hydrogen-bond donors (Lipinski definition) is 1. The van der Waals surface area contributed by atoms with Crippen LogP contribution in [0.1, 0.15) is 43.2 Å². The fourth-order valence-electron chi connectivity index (χ4n) is 5.83. The van der Waals surface area contributed by atoms with E-state index in [-0.39, 0.29) is 11.8 Å². The predicted molar refractivity (Wildman–Crippen MR) is 136 cm³/mol. The molecule has 1 aromatic heterocycles. The van der Waals surface area contributed by atoms with Gasteiger partial charge in [-0.25, -0.2) is 0 Å². The highest BCUT2D eigenvalue weighted by atomic mass is 16.2. The molecule has 6 heteroatoms. The standard InChI is InChI=1S/C29H30N4O2/c1-18-14-21(22-5-7-25-23(15-22)8-12-30-25)4-6-24(18)26-31-29(10-11-29)28(35)33(26)17-19-9-13-32(16-19)27(34)20-2-3-20/h4-8,12,14-15,19-20,30H,2-3,9-11,13,16-17H2,1H3/t19-/m1/s1. The summed E-state index contributed by atoms with van der Waals surface area (Å²) in [7, 11) is 0. The molecule has 178 valence electrons. The largest absolute Gasteiger partial charge is 0.361 e. The third-order valence-electron chi connectivity index (χ3n) is 8.26. The number of carbonyl (C=O) groups is 2. The Balaban J connectivity index is 1.15. The predicted octanol–water partition coefficient (Wildman–Crippen LogP) is 4.52. The lowest BCUT2D eigenvalue weighted by atomic mass is 9.98. The fraction of sp³-hybridized carbons (Fsp3) is 0.414. The topological polar surface area (TPSA) is 68.8 Å². The van der Waals surface area contributed by atoms with Crippen LogP contribution in [0, 0.1) is 18.8 Å². The Labute approximate surface area is 205 Å². The number of H-pyrrole nitrogens is 1. The van der Waals surface area contributed by atoms with Crippen LogP contribution in [0.25, 0.3) is 22.0 Å². The van der Waals surface area contributed by atoms with Gasteiger partial charge in [-0.15, -0.1) is 0 Å². The molecular formula is C29H30N4O2. The highest BCUT2D eigenvalue weighted by Gasteiger charge is 2.57. The lowest BCUT2D eigenvalue weighted by Crippen LogP contribution is -2.41. The van der Waals surface area contributed by atoms with Gasteiger partial charge in [-0.2, -0.15) is 0 Å². The van der Waals surface area contributed by atoms with E-state index < -0.39 is 5.54 Å². The van der Waals surface area contributed by atoms with Gasteiger partial charge in [0.2, 0.25) is 5.91 Å². The van der Waals surface area contributed by atoms with Crippen LogP contribution in [0.5, 0.6) is 0 Å². The number of aromatic nitrogens is 1. The van der Waals surface area contributed by atoms with Crippen molar-refractivity contribution >= 4 is 28.6 Å². The first-order valence-corrected chi connectivity index (χ1v) is 12.9. The van der Waals surface area contributed by atoms with Gasteiger partial charge in [-0.1, -0.05) is 24.3 Å². The first-order valence-electron chi connectivity index (χ1n) is 12.9. The minimum atomic E-state index is -0.526. The van der Waals surface area contributed by atoms with Crippen molar-refractivity contribution in [3.63, 3.8) is 0 Å². The number of amides is 2. The molecule has 2 aromatic carbocycles. The summed E-state index contributed by atoms with van der Waals surface area (Å²) in [5.41, 5.74) is 5.12. The second-order valence-corrected chi connectivity index (χ2v) is 10.9. The van der Waals surface area contributed by atoms with Gasteiger partial charge < -0.3 is 9.88 Å². The minimum absolute atomic E-state index is 0.154. The number of fused-ring (bicyclic) bond motifs is 1. The van der Waals surface area contributed by atoms with Gasteiger partial charge in [0.25, 0.3) is 5.91 Å². The molecule has 3 fully saturated rings. The summed E-state index contributed by atoms with van der Waals surface area (Å²) in [6.45, 7) is 4.35. The molecule has 2 aliphatic carbocycles. The molecule has 7 rings (SSSR count). The van der Waals surface area contributed by atoms with E-state index in [4.69, 9.17) is 4.99 Å². The van der Waals surface area contributed by atoms with E-state index in [9.17, 15) is 9.59 Å². The number of benzene rings is 2. The van der Waals surface area contributed by atoms with Crippen molar-refractivity contribution < 1.29 is 9.59 Å². The summed E-state index contributed by atoms with van der Waals surface area (Å²) >= 11 is 0. The maximum absolute atomic E-state index is 13.4. The third-order valence-corrected chi connectivity index (χ3v) is 8.26. The average molecular weight is 467 g/mol. The number of aryl methyl sites for hydroxylation is 1. The number of nitrogens with zero attached hydrogens (tertiary/aromatic N) is 3. The Bertz CT molecular complexity index is 1390. The Morgan fingerprint density at radius 1 is 1.09 bits per heavy atom. The molecule has 0 bridgehead atoms. The summed E-state index contributed by atoms with van der Waals surface area (Å²) in [6, 6.07) is 15.0. The van der Waals surface area contributed by atoms with E-state index in [0.29, 0.717) is 18.4 Å². The van der Waals surface area contributed by atoms with E-state index >= 15 is 0 Å². The zero-order chi connectivity index (χ0) is 23.7. The van der Waals surface area contributed by atoms with Crippen LogP contribution in [-0.4, -0.2) is 57.6 Å². The van der Waals surface area contributed by atoms with E-state index in [1.54, 1.807) is 0 Å². The van der Waals surface area contributed by atoms with Crippen LogP contribution in [0.3, 0.4) is 0 Å². The van der Waals surface area contributed by atoms with Crippen molar-refractivity contribution in [1.82, 2.24) is 14.8 Å². The van der Waals surface area contributed by atoms with Crippen molar-refractivity contribution in [2.75, 3.05) is 19.6 Å². The zero-order valence-corrected chi connectivity index (χ0v) is 20.1. The number of nitrogens with one attached hydrogen (secondary N) is 1. The van der Waals surface area contributed by atoms with Crippen molar-refractivity contribution in [3.8, 4) is 11.1 Å². The second kappa shape index (κ2) is 7.54. The van der Waals surface area contributed by atoms with Gasteiger partial charge in [-0.3, -0.25) is 19.5 Å². The fourth-order valence-corrected chi connectivity index (χ4v) is 5.83. The van der Waals surface area contributed by atoms with E-state index in [0.717, 1.165) is 73.2 Å². The van der Waals surface area contributed by atoms with Crippen LogP contribution in [0.4, 0.5) is 0 Å². The highest BCUT2D eigenvalue weighted by molar-refractivity contribution is 6.17. The van der Waals surface area contributed by atoms with Crippen LogP contribution in [-0.2, 0) is 9.59 Å². The first kappa shape index (κ1) is 20.9. The van der Waals surface area contributed by atoms with Crippen molar-refractivity contribution in [2.24, 2.45) is 16.8 Å². The quantitative estimate of drug-likeness (QED) is 0.601. The van der Waals surface area contributed by atoms with Gasteiger partial charge in [0, 0.05) is 42.8 Å². The number of rotatable bonds is 5. The smallest absolute Gasteiger partial charge is 0.256 e. The van der Waals surface area contributed by atoms with Crippen molar-refractivity contribution in [1.29, 1.82) is 0 Å². The average Bonchev–Trinajstić information content (AvgIpc) is 3.74. The molecule has 0 radical (unpaired) electrons. The van der Waals surface area contributed by atoms with Gasteiger partial charge >= 0.3 is 0 Å². The summed E-state index contributed by atoms with van der Waals surface area (Å²) < 4.78 is 0. The molecule has 1 spiro atoms. The zero-order valence-electron chi connectivity index (χ0n) is 20.1. The minimum Gasteiger partial charge on any atom is -0.361 e. The Morgan fingerprint density at radius 2 is 1.89 bits per heavy atom. The van der Waals surface area contributed by atoms with Gasteiger partial charge in [-0.05, 0) is 85.2 Å². The summed E-state index contributed by atoms with van der Waals surface area (Å²) in [5.74, 6) is 1.86. The van der Waals surface area contributed by atoms with Crippen molar-refractivity contribution in [2.45, 2.75) is 44.6 Å². The van der Waals surface area contributed by atoms with Gasteiger partial charge in [0.15, 0.2) is 0 Å². The number of aliphatic imine (C=N–C) groups is 1.